The van der Waals surface area contributed by atoms with Crippen LogP contribution in [0.1, 0.15) is 12.0 Å². The van der Waals surface area contributed by atoms with Gasteiger partial charge in [0.2, 0.25) is 11.8 Å². The van der Waals surface area contributed by atoms with E-state index in [1.54, 1.807) is 19.2 Å². The maximum Gasteiger partial charge on any atom is 0.294 e. The number of nitrogens with one attached hydrogen (secondary N) is 1. The molecule has 2 aromatic rings. The van der Waals surface area contributed by atoms with Crippen LogP contribution in [0.2, 0.25) is 0 Å². The lowest BCUT2D eigenvalue weighted by Gasteiger charge is -2.18. The Kier molecular flexibility index (Phi) is 4.92. The minimum absolute atomic E-state index is 0.0963. The molecule has 4 unspecified atom stereocenters. The van der Waals surface area contributed by atoms with Crippen LogP contribution in [0.4, 0.5) is 17.1 Å². The molecule has 1 heterocycles. The fraction of sp³-hybridized carbons (Fsp3) is 0.333. The molecule has 1 aliphatic heterocycles. The first-order valence-corrected chi connectivity index (χ1v) is 10.7. The van der Waals surface area contributed by atoms with E-state index >= 15 is 0 Å². The number of hydrogen-bond acceptors (Lipinski definition) is 6. The van der Waals surface area contributed by atoms with Crippen LogP contribution < -0.4 is 15.0 Å². The molecular formula is C24H23N3O5. The molecule has 8 nitrogen and oxygen atoms in total. The summed E-state index contributed by atoms with van der Waals surface area (Å²) in [6.07, 6.45) is 5.55. The number of carbonyl (C=O) groups excluding carboxylic acids is 2. The molecule has 1 saturated heterocycles. The number of rotatable bonds is 7. The van der Waals surface area contributed by atoms with Crippen molar-refractivity contribution in [3.05, 3.63) is 70.3 Å². The normalized spacial score (nSPS) is 25.3. The number of nitrogens with zero attached hydrogens (tertiary/aromatic N) is 2. The van der Waals surface area contributed by atoms with Crippen LogP contribution in [0, 0.1) is 33.8 Å². The van der Waals surface area contributed by atoms with Gasteiger partial charge in [-0.15, -0.1) is 0 Å². The first-order valence-electron chi connectivity index (χ1n) is 10.7. The lowest BCUT2D eigenvalue weighted by Crippen LogP contribution is -2.32. The molecule has 2 amide bonds. The number of carbonyl (C=O) groups is 2. The number of ether oxygens (including phenoxy) is 1. The van der Waals surface area contributed by atoms with Gasteiger partial charge in [-0.25, -0.2) is 4.90 Å². The van der Waals surface area contributed by atoms with Crippen LogP contribution in [-0.4, -0.2) is 30.4 Å². The Morgan fingerprint density at radius 1 is 1.09 bits per heavy atom. The van der Waals surface area contributed by atoms with E-state index in [4.69, 9.17) is 4.74 Å². The molecule has 3 aliphatic rings. The van der Waals surface area contributed by atoms with Crippen LogP contribution in [0.5, 0.6) is 5.75 Å². The fourth-order valence-electron chi connectivity index (χ4n) is 5.29. The summed E-state index contributed by atoms with van der Waals surface area (Å²) in [7, 11) is 1.60. The summed E-state index contributed by atoms with van der Waals surface area (Å²) >= 11 is 0. The van der Waals surface area contributed by atoms with Crippen LogP contribution in [-0.2, 0) is 16.0 Å². The van der Waals surface area contributed by atoms with Crippen molar-refractivity contribution in [1.29, 1.82) is 0 Å². The van der Waals surface area contributed by atoms with Crippen molar-refractivity contribution in [3.8, 4) is 5.75 Å². The Morgan fingerprint density at radius 2 is 1.81 bits per heavy atom. The third-order valence-corrected chi connectivity index (χ3v) is 6.77. The Balaban J connectivity index is 1.34. The number of amides is 2. The van der Waals surface area contributed by atoms with Crippen molar-refractivity contribution < 1.29 is 19.2 Å². The summed E-state index contributed by atoms with van der Waals surface area (Å²) in [5.41, 5.74) is 1.49. The second-order valence-corrected chi connectivity index (χ2v) is 8.50. The van der Waals surface area contributed by atoms with E-state index < -0.39 is 4.92 Å². The number of imide groups is 1. The van der Waals surface area contributed by atoms with Crippen LogP contribution in [0.15, 0.2) is 54.6 Å². The van der Waals surface area contributed by atoms with Gasteiger partial charge < -0.3 is 10.1 Å². The molecule has 8 heteroatoms. The van der Waals surface area contributed by atoms with Gasteiger partial charge in [0.25, 0.3) is 5.69 Å². The van der Waals surface area contributed by atoms with Gasteiger partial charge in [-0.05, 0) is 54.5 Å². The van der Waals surface area contributed by atoms with E-state index in [0.717, 1.165) is 22.6 Å². The lowest BCUT2D eigenvalue weighted by atomic mass is 9.85. The minimum atomic E-state index is -0.492. The van der Waals surface area contributed by atoms with Crippen molar-refractivity contribution in [2.24, 2.45) is 23.7 Å². The Bertz CT molecular complexity index is 1110. The largest absolute Gasteiger partial charge is 0.497 e. The van der Waals surface area contributed by atoms with Gasteiger partial charge in [-0.2, -0.15) is 0 Å². The number of benzene rings is 2. The fourth-order valence-corrected chi connectivity index (χ4v) is 5.29. The highest BCUT2D eigenvalue weighted by atomic mass is 16.6. The second kappa shape index (κ2) is 7.78. The Labute approximate surface area is 185 Å². The summed E-state index contributed by atoms with van der Waals surface area (Å²) < 4.78 is 5.22. The first-order chi connectivity index (χ1) is 15.5. The van der Waals surface area contributed by atoms with Crippen LogP contribution >= 0.6 is 0 Å². The number of fused-ring (bicyclic) bond motifs is 5. The minimum Gasteiger partial charge on any atom is -0.497 e. The molecule has 2 bridgehead atoms. The number of methoxy groups -OCH3 is 1. The smallest absolute Gasteiger partial charge is 0.294 e. The molecule has 0 spiro atoms. The topological polar surface area (TPSA) is 102 Å². The summed E-state index contributed by atoms with van der Waals surface area (Å²) in [4.78, 5) is 38.4. The number of allylic oxidation sites excluding steroid dienone is 2. The van der Waals surface area contributed by atoms with E-state index in [-0.39, 0.29) is 46.9 Å². The monoisotopic (exact) mass is 433 g/mol. The standard InChI is InChI=1S/C24H23N3O5/c1-32-18-4-2-3-14(11-18)9-10-25-19-8-7-17(13-20(19)27(30)31)26-23(28)21-15-5-6-16(12-15)22(21)24(26)29/h2-8,11,13,15-16,21-22,25H,9-10,12H2,1H3. The molecule has 164 valence electrons. The molecule has 1 N–H and O–H groups in total. The number of nitro groups is 1. The zero-order valence-corrected chi connectivity index (χ0v) is 17.6. The maximum atomic E-state index is 13.0. The van der Waals surface area contributed by atoms with Crippen molar-refractivity contribution in [2.45, 2.75) is 12.8 Å². The van der Waals surface area contributed by atoms with E-state index in [1.807, 2.05) is 36.4 Å². The van der Waals surface area contributed by atoms with Gasteiger partial charge in [0.15, 0.2) is 0 Å². The molecule has 32 heavy (non-hydrogen) atoms. The number of nitro benzene ring substituents is 1. The zero-order chi connectivity index (χ0) is 22.4. The number of hydrogen-bond donors (Lipinski definition) is 1. The highest BCUT2D eigenvalue weighted by Gasteiger charge is 2.59. The van der Waals surface area contributed by atoms with Gasteiger partial charge >= 0.3 is 0 Å². The predicted molar refractivity (Wildman–Crippen MR) is 118 cm³/mol. The average molecular weight is 433 g/mol. The third-order valence-electron chi connectivity index (χ3n) is 6.77. The van der Waals surface area contributed by atoms with Crippen molar-refractivity contribution in [1.82, 2.24) is 0 Å². The van der Waals surface area contributed by atoms with E-state index in [1.165, 1.54) is 6.07 Å². The molecule has 2 fully saturated rings. The highest BCUT2D eigenvalue weighted by molar-refractivity contribution is 6.23. The molecule has 4 atom stereocenters. The molecule has 2 aliphatic carbocycles. The molecule has 5 rings (SSSR count). The Hall–Kier alpha value is -3.68. The quantitative estimate of drug-likeness (QED) is 0.310. The molecule has 2 aromatic carbocycles. The third kappa shape index (κ3) is 3.23. The lowest BCUT2D eigenvalue weighted by molar-refractivity contribution is -0.383. The van der Waals surface area contributed by atoms with Crippen LogP contribution in [0.3, 0.4) is 0 Å². The van der Waals surface area contributed by atoms with Gasteiger partial charge in [0, 0.05) is 12.6 Å². The van der Waals surface area contributed by atoms with E-state index in [9.17, 15) is 19.7 Å². The molecule has 1 saturated carbocycles. The molecule has 0 radical (unpaired) electrons. The SMILES string of the molecule is COc1cccc(CCNc2ccc(N3C(=O)C4C5C=CC(C5)C4C3=O)cc2[N+](=O)[O-])c1. The van der Waals surface area contributed by atoms with Gasteiger partial charge in [0.1, 0.15) is 11.4 Å². The predicted octanol–water partition coefficient (Wildman–Crippen LogP) is 3.57. The van der Waals surface area contributed by atoms with Crippen molar-refractivity contribution in [3.63, 3.8) is 0 Å². The average Bonchev–Trinajstić information content (AvgIpc) is 3.48. The van der Waals surface area contributed by atoms with E-state index in [0.29, 0.717) is 18.7 Å². The summed E-state index contributed by atoms with van der Waals surface area (Å²) in [5.74, 6) is -0.214. The summed E-state index contributed by atoms with van der Waals surface area (Å²) in [5, 5.41) is 14.8. The summed E-state index contributed by atoms with van der Waals surface area (Å²) in [6.45, 7) is 0.480. The molecule has 0 aromatic heterocycles. The first kappa shape index (κ1) is 20.2. The maximum absolute atomic E-state index is 13.0. The van der Waals surface area contributed by atoms with Gasteiger partial charge in [0.05, 0.1) is 29.6 Å². The second-order valence-electron chi connectivity index (χ2n) is 8.50. The highest BCUT2D eigenvalue weighted by Crippen LogP contribution is 2.53. The van der Waals surface area contributed by atoms with Gasteiger partial charge in [-0.3, -0.25) is 19.7 Å². The Morgan fingerprint density at radius 3 is 2.47 bits per heavy atom. The van der Waals surface area contributed by atoms with Gasteiger partial charge in [-0.1, -0.05) is 24.3 Å². The zero-order valence-electron chi connectivity index (χ0n) is 17.6. The number of anilines is 2. The van der Waals surface area contributed by atoms with E-state index in [2.05, 4.69) is 5.32 Å². The van der Waals surface area contributed by atoms with Crippen LogP contribution in [0.25, 0.3) is 0 Å². The summed E-state index contributed by atoms with van der Waals surface area (Å²) in [6, 6.07) is 12.1. The molecular weight excluding hydrogens is 410 g/mol. The van der Waals surface area contributed by atoms with Crippen molar-refractivity contribution >= 4 is 28.9 Å². The van der Waals surface area contributed by atoms with Crippen molar-refractivity contribution in [2.75, 3.05) is 23.9 Å².